The predicted octanol–water partition coefficient (Wildman–Crippen LogP) is 6.93. The Morgan fingerprint density at radius 1 is 0.857 bits per heavy atom. The minimum Gasteiger partial charge on any atom is -0.462 e. The highest BCUT2D eigenvalue weighted by molar-refractivity contribution is 14.1. The fourth-order valence-corrected chi connectivity index (χ4v) is 3.38. The van der Waals surface area contributed by atoms with Crippen molar-refractivity contribution < 1.29 is 19.1 Å². The second kappa shape index (κ2) is 21.1. The summed E-state index contributed by atoms with van der Waals surface area (Å²) < 4.78 is 10.9. The van der Waals surface area contributed by atoms with E-state index in [9.17, 15) is 9.59 Å². The summed E-state index contributed by atoms with van der Waals surface area (Å²) in [4.78, 5) is 22.6. The Balaban J connectivity index is 3.39. The third-order valence-electron chi connectivity index (χ3n) is 4.58. The molecule has 1 unspecified atom stereocenters. The third kappa shape index (κ3) is 20.2. The molecule has 0 radical (unpaired) electrons. The van der Waals surface area contributed by atoms with Crippen molar-refractivity contribution in [2.24, 2.45) is 0 Å². The normalized spacial score (nSPS) is 12.2. The number of hydrogen-bond donors (Lipinski definition) is 0. The van der Waals surface area contributed by atoms with Crippen molar-refractivity contribution in [2.75, 3.05) is 11.0 Å². The fourth-order valence-electron chi connectivity index (χ4n) is 2.94. The van der Waals surface area contributed by atoms with Gasteiger partial charge in [0.2, 0.25) is 0 Å². The van der Waals surface area contributed by atoms with Gasteiger partial charge >= 0.3 is 11.9 Å². The number of alkyl halides is 1. The van der Waals surface area contributed by atoms with Crippen LogP contribution in [0, 0.1) is 0 Å². The maximum absolute atomic E-state index is 11.7. The standard InChI is InChI=1S/C23H41IO4/c1-3-4-5-6-7-8-9-10-11-12-13-14-15-16-17-18-23(26)27-20-22(19-24)28-21(2)25/h10-11,22H,3-9,12-20H2,1-2H3/b11-10-. The largest absolute Gasteiger partial charge is 0.462 e. The van der Waals surface area contributed by atoms with Crippen LogP contribution in [-0.2, 0) is 19.1 Å². The van der Waals surface area contributed by atoms with Crippen molar-refractivity contribution in [1.29, 1.82) is 0 Å². The van der Waals surface area contributed by atoms with E-state index in [0.717, 1.165) is 12.8 Å². The second-order valence-corrected chi connectivity index (χ2v) is 8.28. The molecule has 0 spiro atoms. The highest BCUT2D eigenvalue weighted by atomic mass is 127. The molecule has 0 rings (SSSR count). The number of esters is 2. The Kier molecular flexibility index (Phi) is 20.7. The zero-order valence-corrected chi connectivity index (χ0v) is 20.2. The first kappa shape index (κ1) is 27.4. The van der Waals surface area contributed by atoms with Gasteiger partial charge in [0.05, 0.1) is 0 Å². The summed E-state index contributed by atoms with van der Waals surface area (Å²) in [6.45, 7) is 3.78. The van der Waals surface area contributed by atoms with Gasteiger partial charge < -0.3 is 9.47 Å². The number of unbranched alkanes of at least 4 members (excludes halogenated alkanes) is 11. The highest BCUT2D eigenvalue weighted by Gasteiger charge is 2.13. The summed E-state index contributed by atoms with van der Waals surface area (Å²) in [6, 6.07) is 0. The molecular formula is C23H41IO4. The zero-order chi connectivity index (χ0) is 20.9. The SMILES string of the molecule is CCCCCCCC/C=C\CCCCCCCC(=O)OCC(CI)OC(C)=O. The van der Waals surface area contributed by atoms with Gasteiger partial charge in [-0.1, -0.05) is 93.0 Å². The minimum absolute atomic E-state index is 0.159. The van der Waals surface area contributed by atoms with Crippen molar-refractivity contribution in [2.45, 2.75) is 110 Å². The lowest BCUT2D eigenvalue weighted by molar-refractivity contribution is -0.156. The molecule has 0 saturated heterocycles. The van der Waals surface area contributed by atoms with Crippen LogP contribution < -0.4 is 0 Å². The van der Waals surface area contributed by atoms with E-state index in [2.05, 4.69) is 41.7 Å². The number of ether oxygens (including phenoxy) is 2. The predicted molar refractivity (Wildman–Crippen MR) is 125 cm³/mol. The van der Waals surface area contributed by atoms with Crippen LogP contribution in [0.15, 0.2) is 12.2 Å². The van der Waals surface area contributed by atoms with Crippen LogP contribution >= 0.6 is 22.6 Å². The van der Waals surface area contributed by atoms with Crippen molar-refractivity contribution in [3.63, 3.8) is 0 Å². The lowest BCUT2D eigenvalue weighted by Gasteiger charge is -2.14. The van der Waals surface area contributed by atoms with Crippen molar-refractivity contribution in [3.8, 4) is 0 Å². The van der Waals surface area contributed by atoms with Gasteiger partial charge in [-0.3, -0.25) is 9.59 Å². The van der Waals surface area contributed by atoms with Gasteiger partial charge in [-0.2, -0.15) is 0 Å². The first-order chi connectivity index (χ1) is 13.6. The molecule has 164 valence electrons. The van der Waals surface area contributed by atoms with E-state index in [-0.39, 0.29) is 24.6 Å². The number of rotatable bonds is 19. The second-order valence-electron chi connectivity index (χ2n) is 7.40. The molecule has 0 N–H and O–H groups in total. The Labute approximate surface area is 186 Å². The molecular weight excluding hydrogens is 467 g/mol. The third-order valence-corrected chi connectivity index (χ3v) is 5.56. The van der Waals surface area contributed by atoms with Gasteiger partial charge in [-0.15, -0.1) is 0 Å². The van der Waals surface area contributed by atoms with Crippen LogP contribution in [0.25, 0.3) is 0 Å². The maximum atomic E-state index is 11.7. The first-order valence-corrected chi connectivity index (χ1v) is 12.7. The average molecular weight is 508 g/mol. The Hall–Kier alpha value is -0.590. The van der Waals surface area contributed by atoms with Crippen molar-refractivity contribution in [1.82, 2.24) is 0 Å². The molecule has 0 aromatic rings. The Morgan fingerprint density at radius 3 is 1.93 bits per heavy atom. The van der Waals surface area contributed by atoms with Crippen LogP contribution in [0.3, 0.4) is 0 Å². The molecule has 5 heteroatoms. The Morgan fingerprint density at radius 2 is 1.39 bits per heavy atom. The van der Waals surface area contributed by atoms with Gasteiger partial charge in [0.25, 0.3) is 0 Å². The summed E-state index contributed by atoms with van der Waals surface area (Å²) in [6.07, 6.45) is 20.9. The molecule has 4 nitrogen and oxygen atoms in total. The monoisotopic (exact) mass is 508 g/mol. The van der Waals surface area contributed by atoms with E-state index >= 15 is 0 Å². The molecule has 0 aliphatic heterocycles. The van der Waals surface area contributed by atoms with Gasteiger partial charge in [0.1, 0.15) is 12.7 Å². The molecule has 0 fully saturated rings. The van der Waals surface area contributed by atoms with Crippen LogP contribution in [-0.4, -0.2) is 29.1 Å². The van der Waals surface area contributed by atoms with Crippen LogP contribution in [0.5, 0.6) is 0 Å². The Bertz CT molecular complexity index is 409. The summed E-state index contributed by atoms with van der Waals surface area (Å²) >= 11 is 2.12. The zero-order valence-electron chi connectivity index (χ0n) is 18.1. The molecule has 1 atom stereocenters. The van der Waals surface area contributed by atoms with E-state index in [4.69, 9.17) is 9.47 Å². The first-order valence-electron chi connectivity index (χ1n) is 11.1. The van der Waals surface area contributed by atoms with E-state index in [1.54, 1.807) is 0 Å². The number of allylic oxidation sites excluding steroid dienone is 2. The summed E-state index contributed by atoms with van der Waals surface area (Å²) in [5, 5.41) is 0. The van der Waals surface area contributed by atoms with Crippen LogP contribution in [0.4, 0.5) is 0 Å². The molecule has 28 heavy (non-hydrogen) atoms. The number of hydrogen-bond acceptors (Lipinski definition) is 4. The van der Waals surface area contributed by atoms with E-state index in [0.29, 0.717) is 10.8 Å². The number of carbonyl (C=O) groups excluding carboxylic acids is 2. The quantitative estimate of drug-likeness (QED) is 0.0624. The topological polar surface area (TPSA) is 52.6 Å². The van der Waals surface area contributed by atoms with Crippen molar-refractivity contribution >= 4 is 34.5 Å². The maximum Gasteiger partial charge on any atom is 0.305 e. The summed E-state index contributed by atoms with van der Waals surface area (Å²) in [7, 11) is 0. The van der Waals surface area contributed by atoms with Gasteiger partial charge in [-0.25, -0.2) is 0 Å². The van der Waals surface area contributed by atoms with Gasteiger partial charge in [0.15, 0.2) is 0 Å². The van der Waals surface area contributed by atoms with E-state index < -0.39 is 0 Å². The molecule has 0 saturated carbocycles. The molecule has 0 amide bonds. The van der Waals surface area contributed by atoms with Crippen LogP contribution in [0.2, 0.25) is 0 Å². The molecule has 0 aliphatic carbocycles. The molecule has 0 aromatic heterocycles. The lowest BCUT2D eigenvalue weighted by Crippen LogP contribution is -2.25. The molecule has 0 aromatic carbocycles. The van der Waals surface area contributed by atoms with Crippen molar-refractivity contribution in [3.05, 3.63) is 12.2 Å². The molecule has 0 aliphatic rings. The highest BCUT2D eigenvalue weighted by Crippen LogP contribution is 2.10. The fraction of sp³-hybridized carbons (Fsp3) is 0.826. The smallest absolute Gasteiger partial charge is 0.305 e. The lowest BCUT2D eigenvalue weighted by atomic mass is 10.1. The summed E-state index contributed by atoms with van der Waals surface area (Å²) in [5.41, 5.74) is 0. The van der Waals surface area contributed by atoms with Gasteiger partial charge in [0, 0.05) is 17.8 Å². The van der Waals surface area contributed by atoms with Gasteiger partial charge in [-0.05, 0) is 32.1 Å². The summed E-state index contributed by atoms with van der Waals surface area (Å²) in [5.74, 6) is -0.533. The van der Waals surface area contributed by atoms with Crippen LogP contribution in [0.1, 0.15) is 104 Å². The molecule has 0 bridgehead atoms. The number of carbonyl (C=O) groups is 2. The van der Waals surface area contributed by atoms with E-state index in [1.165, 1.54) is 77.6 Å². The average Bonchev–Trinajstić information content (AvgIpc) is 2.67. The van der Waals surface area contributed by atoms with E-state index in [1.807, 2.05) is 0 Å². The minimum atomic E-state index is -0.338. The number of halogens is 1. The molecule has 0 heterocycles.